The average Bonchev–Trinajstić information content (AvgIpc) is 3.33. The van der Waals surface area contributed by atoms with Gasteiger partial charge in [0.05, 0.1) is 38.6 Å². The predicted octanol–water partition coefficient (Wildman–Crippen LogP) is 1.64. The van der Waals surface area contributed by atoms with Crippen LogP contribution in [0.15, 0.2) is 24.3 Å². The van der Waals surface area contributed by atoms with Crippen LogP contribution < -0.4 is 5.32 Å². The number of aliphatic hydroxyl groups is 11. The van der Waals surface area contributed by atoms with Crippen molar-refractivity contribution >= 4 is 5.91 Å². The van der Waals surface area contributed by atoms with Crippen molar-refractivity contribution in [3.8, 4) is 0 Å². The number of aliphatic hydroxyl groups excluding tert-OH is 11. The van der Waals surface area contributed by atoms with E-state index >= 15 is 0 Å². The fourth-order valence-electron chi connectivity index (χ4n) is 8.72. The van der Waals surface area contributed by atoms with Crippen molar-refractivity contribution < 1.29 is 89.4 Å². The number of rotatable bonds is 35. The molecule has 0 bridgehead atoms. The fraction of sp³-hybridized carbons (Fsp3) is 0.898. The fourth-order valence-corrected chi connectivity index (χ4v) is 8.72. The van der Waals surface area contributed by atoms with Gasteiger partial charge in [-0.1, -0.05) is 134 Å². The number of unbranched alkanes of at least 4 members (excludes halogenated alkanes) is 17. The molecule has 0 aliphatic carbocycles. The van der Waals surface area contributed by atoms with Crippen molar-refractivity contribution in [1.82, 2.24) is 5.32 Å². The first-order chi connectivity index (χ1) is 32.8. The van der Waals surface area contributed by atoms with E-state index in [9.17, 15) is 61.0 Å². The molecule has 0 radical (unpaired) electrons. The molecule has 3 aliphatic heterocycles. The van der Waals surface area contributed by atoms with Crippen molar-refractivity contribution in [1.29, 1.82) is 0 Å². The van der Waals surface area contributed by atoms with E-state index in [-0.39, 0.29) is 18.9 Å². The molecule has 3 rings (SSSR count). The Hall–Kier alpha value is -1.73. The van der Waals surface area contributed by atoms with E-state index in [1.165, 1.54) is 96.3 Å². The monoisotopic (exact) mass is 980 g/mol. The Morgan fingerprint density at radius 2 is 0.941 bits per heavy atom. The number of hydrogen-bond donors (Lipinski definition) is 12. The Kier molecular flexibility index (Phi) is 30.8. The molecule has 0 aromatic rings. The third-order valence-electron chi connectivity index (χ3n) is 13.0. The highest BCUT2D eigenvalue weighted by Crippen LogP contribution is 2.33. The van der Waals surface area contributed by atoms with Gasteiger partial charge in [0.1, 0.15) is 73.2 Å². The smallest absolute Gasteiger partial charge is 0.220 e. The molecular formula is C49H89NO18. The second-order valence-electron chi connectivity index (χ2n) is 18.6. The summed E-state index contributed by atoms with van der Waals surface area (Å²) in [4.78, 5) is 12.6. The van der Waals surface area contributed by atoms with Crippen LogP contribution in [0, 0.1) is 0 Å². The Labute approximate surface area is 403 Å². The van der Waals surface area contributed by atoms with E-state index in [4.69, 9.17) is 28.4 Å². The summed E-state index contributed by atoms with van der Waals surface area (Å²) in [7, 11) is 0. The topological polar surface area (TPSA) is 307 Å². The summed E-state index contributed by atoms with van der Waals surface area (Å²) in [6.45, 7) is 1.29. The number of carbonyl (C=O) groups is 1. The molecule has 19 heteroatoms. The molecule has 68 heavy (non-hydrogen) atoms. The van der Waals surface area contributed by atoms with Crippen LogP contribution in [-0.2, 0) is 33.2 Å². The third kappa shape index (κ3) is 20.4. The van der Waals surface area contributed by atoms with Crippen LogP contribution in [0.1, 0.15) is 149 Å². The van der Waals surface area contributed by atoms with Crippen LogP contribution in [0.4, 0.5) is 0 Å². The van der Waals surface area contributed by atoms with E-state index in [0.29, 0.717) is 12.8 Å². The second kappa shape index (κ2) is 34.6. The van der Waals surface area contributed by atoms with Gasteiger partial charge >= 0.3 is 0 Å². The molecule has 3 heterocycles. The minimum Gasteiger partial charge on any atom is -0.394 e. The highest BCUT2D eigenvalue weighted by atomic mass is 16.8. The lowest BCUT2D eigenvalue weighted by molar-refractivity contribution is -0.379. The van der Waals surface area contributed by atoms with Gasteiger partial charge in [-0.2, -0.15) is 0 Å². The van der Waals surface area contributed by atoms with Crippen LogP contribution in [0.5, 0.6) is 0 Å². The Bertz CT molecular complexity index is 1360. The zero-order chi connectivity index (χ0) is 49.8. The van der Waals surface area contributed by atoms with Gasteiger partial charge in [-0.05, 0) is 32.1 Å². The normalized spacial score (nSPS) is 33.3. The maximum atomic E-state index is 12.6. The van der Waals surface area contributed by atoms with Crippen molar-refractivity contribution in [2.45, 2.75) is 253 Å². The molecule has 12 N–H and O–H groups in total. The predicted molar refractivity (Wildman–Crippen MR) is 250 cm³/mol. The minimum atomic E-state index is -1.98. The van der Waals surface area contributed by atoms with Gasteiger partial charge in [0.2, 0.25) is 5.91 Å². The highest BCUT2D eigenvalue weighted by Gasteiger charge is 2.53. The first kappa shape index (κ1) is 60.6. The van der Waals surface area contributed by atoms with Crippen molar-refractivity contribution in [2.75, 3.05) is 26.4 Å². The molecule has 0 spiro atoms. The van der Waals surface area contributed by atoms with Crippen LogP contribution in [-0.4, -0.2) is 193 Å². The van der Waals surface area contributed by atoms with Gasteiger partial charge in [0.15, 0.2) is 18.9 Å². The molecule has 3 saturated heterocycles. The van der Waals surface area contributed by atoms with E-state index in [1.54, 1.807) is 6.08 Å². The maximum absolute atomic E-state index is 12.6. The first-order valence-corrected chi connectivity index (χ1v) is 25.6. The summed E-state index contributed by atoms with van der Waals surface area (Å²) < 4.78 is 33.8. The van der Waals surface area contributed by atoms with Gasteiger partial charge in [-0.25, -0.2) is 0 Å². The standard InChI is InChI=1S/C49H89NO18/c1-3-5-6-7-8-9-10-11-12-13-14-15-16-17-18-19-20-21-22-23-24-25-27-33(54)32(50-37(55)26-4-2)31-63-47-43(61)40(58)45(35(29-52)65-47)68-49-44(62)41(59)46(36(30-53)66-49)67-48-42(60)39(57)38(56)34(28-51)64-48/h21-22,25,27,32-36,38-49,51-54,56-62H,3-20,23-24,26,28-31H2,1-2H3,(H,50,55)/b22-21+,27-25+. The van der Waals surface area contributed by atoms with Crippen LogP contribution in [0.3, 0.4) is 0 Å². The summed E-state index contributed by atoms with van der Waals surface area (Å²) in [5.74, 6) is -0.340. The number of amides is 1. The number of carbonyl (C=O) groups excluding carboxylic acids is 1. The van der Waals surface area contributed by atoms with Crippen molar-refractivity contribution in [2.24, 2.45) is 0 Å². The minimum absolute atomic E-state index is 0.186. The molecular weight excluding hydrogens is 891 g/mol. The Morgan fingerprint density at radius 3 is 1.44 bits per heavy atom. The van der Waals surface area contributed by atoms with E-state index in [2.05, 4.69) is 24.4 Å². The number of allylic oxidation sites excluding steroid dienone is 3. The third-order valence-corrected chi connectivity index (χ3v) is 13.0. The molecule has 0 saturated carbocycles. The quantitative estimate of drug-likeness (QED) is 0.0317. The highest BCUT2D eigenvalue weighted by molar-refractivity contribution is 5.76. The summed E-state index contributed by atoms with van der Waals surface area (Å²) in [6, 6.07) is -0.980. The van der Waals surface area contributed by atoms with Crippen molar-refractivity contribution in [3.05, 3.63) is 24.3 Å². The number of hydrogen-bond acceptors (Lipinski definition) is 18. The molecule has 0 aromatic heterocycles. The lowest BCUT2D eigenvalue weighted by Gasteiger charge is -2.48. The zero-order valence-electron chi connectivity index (χ0n) is 40.6. The first-order valence-electron chi connectivity index (χ1n) is 25.6. The summed E-state index contributed by atoms with van der Waals surface area (Å²) in [6.07, 6.45) is 5.45. The molecule has 3 aliphatic rings. The maximum Gasteiger partial charge on any atom is 0.220 e. The molecule has 1 amide bonds. The van der Waals surface area contributed by atoms with Gasteiger partial charge in [-0.15, -0.1) is 0 Å². The number of nitrogens with one attached hydrogen (secondary N) is 1. The summed E-state index contributed by atoms with van der Waals surface area (Å²) >= 11 is 0. The number of ether oxygens (including phenoxy) is 6. The summed E-state index contributed by atoms with van der Waals surface area (Å²) in [5.41, 5.74) is 0. The zero-order valence-corrected chi connectivity index (χ0v) is 40.6. The van der Waals surface area contributed by atoms with Gasteiger partial charge in [0.25, 0.3) is 0 Å². The lowest BCUT2D eigenvalue weighted by atomic mass is 9.96. The molecule has 19 nitrogen and oxygen atoms in total. The molecule has 17 unspecified atom stereocenters. The SMILES string of the molecule is CCCCCCCCCCCCCCCCCC/C=C/CC/C=C/C(O)C(COC1OC(CO)C(OC2OC(CO)C(OC3OC(CO)C(O)C(O)C3O)C(O)C2O)C(O)C1O)NC(=O)CCC. The second-order valence-corrected chi connectivity index (χ2v) is 18.6. The van der Waals surface area contributed by atoms with Crippen LogP contribution in [0.2, 0.25) is 0 Å². The Morgan fingerprint density at radius 1 is 0.515 bits per heavy atom. The molecule has 398 valence electrons. The molecule has 0 aromatic carbocycles. The Balaban J connectivity index is 1.41. The van der Waals surface area contributed by atoms with Crippen LogP contribution in [0.25, 0.3) is 0 Å². The van der Waals surface area contributed by atoms with Crippen molar-refractivity contribution in [3.63, 3.8) is 0 Å². The lowest BCUT2D eigenvalue weighted by Crippen LogP contribution is -2.66. The summed E-state index contributed by atoms with van der Waals surface area (Å²) in [5, 5.41) is 119. The van der Waals surface area contributed by atoms with Crippen LogP contribution >= 0.6 is 0 Å². The van der Waals surface area contributed by atoms with E-state index < -0.39 is 124 Å². The molecule has 17 atom stereocenters. The average molecular weight is 980 g/mol. The van der Waals surface area contributed by atoms with Gasteiger partial charge < -0.3 is 89.9 Å². The molecule has 3 fully saturated rings. The van der Waals surface area contributed by atoms with Gasteiger partial charge in [0, 0.05) is 6.42 Å². The van der Waals surface area contributed by atoms with E-state index in [1.807, 2.05) is 13.0 Å². The van der Waals surface area contributed by atoms with Gasteiger partial charge in [-0.3, -0.25) is 4.79 Å². The van der Waals surface area contributed by atoms with E-state index in [0.717, 1.165) is 19.3 Å². The largest absolute Gasteiger partial charge is 0.394 e.